The van der Waals surface area contributed by atoms with Crippen molar-refractivity contribution in [3.8, 4) is 5.75 Å². The third-order valence-corrected chi connectivity index (χ3v) is 3.39. The van der Waals surface area contributed by atoms with E-state index in [2.05, 4.69) is 0 Å². The molecule has 2 aromatic carbocycles. The summed E-state index contributed by atoms with van der Waals surface area (Å²) < 4.78 is 7.69. The Labute approximate surface area is 117 Å². The van der Waals surface area contributed by atoms with E-state index in [4.69, 9.17) is 4.74 Å². The number of carbonyl (C=O) groups excluding carboxylic acids is 1. The maximum absolute atomic E-state index is 10.9. The molecular weight excluding hydrogens is 250 g/mol. The van der Waals surface area contributed by atoms with Crippen LogP contribution in [0.3, 0.4) is 0 Å². The zero-order chi connectivity index (χ0) is 13.9. The van der Waals surface area contributed by atoms with Crippen molar-refractivity contribution in [2.75, 3.05) is 0 Å². The third kappa shape index (κ3) is 2.18. The molecule has 99 valence electrons. The van der Waals surface area contributed by atoms with Crippen LogP contribution in [0.4, 0.5) is 0 Å². The summed E-state index contributed by atoms with van der Waals surface area (Å²) in [5, 5.41) is 0.935. The predicted molar refractivity (Wildman–Crippen MR) is 78.5 cm³/mol. The van der Waals surface area contributed by atoms with E-state index in [0.29, 0.717) is 12.3 Å². The van der Waals surface area contributed by atoms with Crippen molar-refractivity contribution >= 4 is 17.2 Å². The highest BCUT2D eigenvalue weighted by atomic mass is 16.5. The first-order chi connectivity index (χ1) is 9.79. The summed E-state index contributed by atoms with van der Waals surface area (Å²) in [5.41, 5.74) is 2.60. The minimum atomic E-state index is 0.509. The number of fused-ring (bicyclic) bond motifs is 1. The SMILES string of the molecule is Cn1c([C]=O)cc2c(OCc3ccccc3)cccc21. The minimum absolute atomic E-state index is 0.509. The second-order valence-electron chi connectivity index (χ2n) is 4.65. The molecule has 0 amide bonds. The second-order valence-corrected chi connectivity index (χ2v) is 4.65. The Morgan fingerprint density at radius 3 is 2.65 bits per heavy atom. The lowest BCUT2D eigenvalue weighted by atomic mass is 10.2. The average molecular weight is 264 g/mol. The summed E-state index contributed by atoms with van der Waals surface area (Å²) in [4.78, 5) is 10.9. The van der Waals surface area contributed by atoms with E-state index in [-0.39, 0.29) is 0 Å². The van der Waals surface area contributed by atoms with Crippen LogP contribution in [0.2, 0.25) is 0 Å². The van der Waals surface area contributed by atoms with Gasteiger partial charge >= 0.3 is 0 Å². The number of hydrogen-bond donors (Lipinski definition) is 0. The van der Waals surface area contributed by atoms with Crippen LogP contribution in [-0.2, 0) is 18.4 Å². The molecule has 20 heavy (non-hydrogen) atoms. The molecule has 1 aromatic heterocycles. The fourth-order valence-corrected chi connectivity index (χ4v) is 2.29. The Morgan fingerprint density at radius 1 is 1.10 bits per heavy atom. The summed E-state index contributed by atoms with van der Waals surface area (Å²) in [6.07, 6.45) is 1.94. The summed E-state index contributed by atoms with van der Waals surface area (Å²) in [6, 6.07) is 17.6. The average Bonchev–Trinajstić information content (AvgIpc) is 2.83. The molecule has 1 radical (unpaired) electrons. The number of benzene rings is 2. The van der Waals surface area contributed by atoms with Crippen molar-refractivity contribution in [2.24, 2.45) is 7.05 Å². The van der Waals surface area contributed by atoms with Crippen molar-refractivity contribution in [3.63, 3.8) is 0 Å². The molecule has 0 fully saturated rings. The standard InChI is InChI=1S/C17H14NO2/c1-18-14(11-19)10-15-16(18)8-5-9-17(15)20-12-13-6-3-2-4-7-13/h2-10H,12H2,1H3. The molecule has 0 saturated heterocycles. The van der Waals surface area contributed by atoms with Crippen LogP contribution in [0.25, 0.3) is 10.9 Å². The molecular formula is C17H14NO2. The molecule has 1 heterocycles. The van der Waals surface area contributed by atoms with E-state index in [1.807, 2.05) is 72.5 Å². The molecule has 0 aliphatic rings. The van der Waals surface area contributed by atoms with E-state index in [1.54, 1.807) is 0 Å². The summed E-state index contributed by atoms with van der Waals surface area (Å²) in [7, 11) is 1.85. The van der Waals surface area contributed by atoms with Crippen LogP contribution < -0.4 is 4.74 Å². The van der Waals surface area contributed by atoms with Crippen LogP contribution in [0.5, 0.6) is 5.75 Å². The van der Waals surface area contributed by atoms with E-state index < -0.39 is 0 Å². The van der Waals surface area contributed by atoms with E-state index in [9.17, 15) is 4.79 Å². The summed E-state index contributed by atoms with van der Waals surface area (Å²) in [6.45, 7) is 0.509. The largest absolute Gasteiger partial charge is 0.488 e. The topological polar surface area (TPSA) is 31.2 Å². The zero-order valence-electron chi connectivity index (χ0n) is 11.2. The lowest BCUT2D eigenvalue weighted by molar-refractivity contribution is 0.310. The molecule has 0 saturated carbocycles. The maximum atomic E-state index is 10.9. The van der Waals surface area contributed by atoms with Gasteiger partial charge in [-0.05, 0) is 23.8 Å². The van der Waals surface area contributed by atoms with Crippen molar-refractivity contribution in [1.82, 2.24) is 4.57 Å². The fourth-order valence-electron chi connectivity index (χ4n) is 2.29. The third-order valence-electron chi connectivity index (χ3n) is 3.39. The Hall–Kier alpha value is -2.55. The molecule has 3 rings (SSSR count). The minimum Gasteiger partial charge on any atom is -0.488 e. The number of nitrogens with zero attached hydrogens (tertiary/aromatic N) is 1. The second kappa shape index (κ2) is 5.21. The first kappa shape index (κ1) is 12.5. The van der Waals surface area contributed by atoms with Gasteiger partial charge in [-0.3, -0.25) is 4.79 Å². The number of aryl methyl sites for hydroxylation is 1. The molecule has 3 heteroatoms. The Bertz CT molecular complexity index is 744. The molecule has 0 unspecified atom stereocenters. The van der Waals surface area contributed by atoms with Crippen LogP contribution >= 0.6 is 0 Å². The quantitative estimate of drug-likeness (QED) is 0.724. The lowest BCUT2D eigenvalue weighted by Crippen LogP contribution is -1.96. The first-order valence-electron chi connectivity index (χ1n) is 6.43. The Kier molecular flexibility index (Phi) is 3.25. The van der Waals surface area contributed by atoms with Gasteiger partial charge in [-0.25, -0.2) is 0 Å². The van der Waals surface area contributed by atoms with Crippen LogP contribution in [0.1, 0.15) is 11.3 Å². The van der Waals surface area contributed by atoms with E-state index >= 15 is 0 Å². The highest BCUT2D eigenvalue weighted by Crippen LogP contribution is 2.28. The van der Waals surface area contributed by atoms with Gasteiger partial charge in [0.2, 0.25) is 0 Å². The van der Waals surface area contributed by atoms with Crippen LogP contribution in [0, 0.1) is 0 Å². The zero-order valence-corrected chi connectivity index (χ0v) is 11.2. The van der Waals surface area contributed by atoms with Gasteiger partial charge in [0.1, 0.15) is 12.4 Å². The highest BCUT2D eigenvalue weighted by Gasteiger charge is 2.10. The number of hydrogen-bond acceptors (Lipinski definition) is 2. The number of rotatable bonds is 4. The summed E-state index contributed by atoms with van der Waals surface area (Å²) >= 11 is 0. The van der Waals surface area contributed by atoms with Crippen molar-refractivity contribution in [3.05, 3.63) is 65.9 Å². The first-order valence-corrected chi connectivity index (χ1v) is 6.43. The van der Waals surface area contributed by atoms with Gasteiger partial charge < -0.3 is 9.30 Å². The van der Waals surface area contributed by atoms with Gasteiger partial charge in [-0.1, -0.05) is 36.4 Å². The van der Waals surface area contributed by atoms with Crippen molar-refractivity contribution in [2.45, 2.75) is 6.61 Å². The number of ether oxygens (including phenoxy) is 1. The molecule has 0 bridgehead atoms. The Balaban J connectivity index is 1.94. The molecule has 0 aliphatic carbocycles. The maximum Gasteiger partial charge on any atom is 0.251 e. The highest BCUT2D eigenvalue weighted by molar-refractivity contribution is 5.92. The predicted octanol–water partition coefficient (Wildman–Crippen LogP) is 3.22. The van der Waals surface area contributed by atoms with Crippen LogP contribution in [0.15, 0.2) is 54.6 Å². The smallest absolute Gasteiger partial charge is 0.251 e. The van der Waals surface area contributed by atoms with Gasteiger partial charge in [0, 0.05) is 12.4 Å². The van der Waals surface area contributed by atoms with Crippen LogP contribution in [-0.4, -0.2) is 10.9 Å². The molecule has 3 nitrogen and oxygen atoms in total. The van der Waals surface area contributed by atoms with E-state index in [1.165, 1.54) is 0 Å². The molecule has 3 aromatic rings. The number of aromatic nitrogens is 1. The van der Waals surface area contributed by atoms with Crippen molar-refractivity contribution in [1.29, 1.82) is 0 Å². The van der Waals surface area contributed by atoms with Gasteiger partial charge in [-0.2, -0.15) is 0 Å². The molecule has 0 aliphatic heterocycles. The fraction of sp³-hybridized carbons (Fsp3) is 0.118. The lowest BCUT2D eigenvalue weighted by Gasteiger charge is -2.07. The van der Waals surface area contributed by atoms with Gasteiger partial charge in [-0.15, -0.1) is 0 Å². The molecule has 0 atom stereocenters. The normalized spacial score (nSPS) is 10.7. The van der Waals surface area contributed by atoms with Gasteiger partial charge in [0.25, 0.3) is 6.29 Å². The summed E-state index contributed by atoms with van der Waals surface area (Å²) in [5.74, 6) is 0.781. The van der Waals surface area contributed by atoms with Gasteiger partial charge in [0.15, 0.2) is 0 Å². The van der Waals surface area contributed by atoms with Gasteiger partial charge in [0.05, 0.1) is 11.2 Å². The van der Waals surface area contributed by atoms with Crippen molar-refractivity contribution < 1.29 is 9.53 Å². The molecule has 0 spiro atoms. The molecule has 0 N–H and O–H groups in total. The van der Waals surface area contributed by atoms with E-state index in [0.717, 1.165) is 22.2 Å². The Morgan fingerprint density at radius 2 is 1.90 bits per heavy atom. The monoisotopic (exact) mass is 264 g/mol.